The maximum Gasteiger partial charge on any atom is 0.319 e. The Labute approximate surface area is 143 Å². The third-order valence-electron chi connectivity index (χ3n) is 5.32. The number of nitrogens with two attached hydrogens (primary N) is 1. The summed E-state index contributed by atoms with van der Waals surface area (Å²) in [6, 6.07) is 5.84. The van der Waals surface area contributed by atoms with Crippen LogP contribution in [0.4, 0.5) is 10.5 Å². The second-order valence-electron chi connectivity index (χ2n) is 6.98. The van der Waals surface area contributed by atoms with E-state index in [-0.39, 0.29) is 17.0 Å². The summed E-state index contributed by atoms with van der Waals surface area (Å²) in [4.78, 5) is 12.2. The highest BCUT2D eigenvalue weighted by molar-refractivity contribution is 7.89. The molecule has 4 N–H and O–H groups in total. The molecule has 3 atom stereocenters. The van der Waals surface area contributed by atoms with E-state index in [4.69, 9.17) is 5.14 Å². The van der Waals surface area contributed by atoms with Crippen molar-refractivity contribution in [2.45, 2.75) is 55.9 Å². The van der Waals surface area contributed by atoms with Crippen LogP contribution in [0.3, 0.4) is 0 Å². The van der Waals surface area contributed by atoms with Crippen molar-refractivity contribution in [3.63, 3.8) is 0 Å². The number of sulfonamides is 1. The first-order valence-electron chi connectivity index (χ1n) is 8.62. The zero-order valence-electron chi connectivity index (χ0n) is 13.7. The number of rotatable bonds is 3. The number of hydrogen-bond acceptors (Lipinski definition) is 3. The van der Waals surface area contributed by atoms with E-state index in [0.717, 1.165) is 24.7 Å². The third-order valence-corrected chi connectivity index (χ3v) is 6.24. The molecule has 24 heavy (non-hydrogen) atoms. The first-order valence-corrected chi connectivity index (χ1v) is 10.2. The van der Waals surface area contributed by atoms with E-state index in [0.29, 0.717) is 5.69 Å². The molecule has 0 spiro atoms. The molecule has 7 heteroatoms. The first kappa shape index (κ1) is 17.2. The van der Waals surface area contributed by atoms with E-state index in [1.54, 1.807) is 0 Å². The molecular formula is C17H25N3O3S. The summed E-state index contributed by atoms with van der Waals surface area (Å²) in [7, 11) is -3.71. The second-order valence-corrected chi connectivity index (χ2v) is 8.54. The van der Waals surface area contributed by atoms with Gasteiger partial charge in [0.05, 0.1) is 4.90 Å². The highest BCUT2D eigenvalue weighted by Gasteiger charge is 2.32. The first-order chi connectivity index (χ1) is 11.4. The lowest BCUT2D eigenvalue weighted by Gasteiger charge is -2.39. The zero-order chi connectivity index (χ0) is 17.2. The maximum atomic E-state index is 12.2. The lowest BCUT2D eigenvalue weighted by atomic mass is 9.69. The van der Waals surface area contributed by atoms with Gasteiger partial charge in [-0.2, -0.15) is 0 Å². The number of fused-ring (bicyclic) bond motifs is 1. The van der Waals surface area contributed by atoms with Crippen LogP contribution < -0.4 is 15.8 Å². The van der Waals surface area contributed by atoms with Crippen molar-refractivity contribution in [1.29, 1.82) is 0 Å². The molecule has 0 radical (unpaired) electrons. The molecule has 1 aromatic rings. The normalized spacial score (nSPS) is 27.1. The predicted octanol–water partition coefficient (Wildman–Crippen LogP) is 2.81. The van der Waals surface area contributed by atoms with Crippen LogP contribution in [0.2, 0.25) is 0 Å². The van der Waals surface area contributed by atoms with Gasteiger partial charge >= 0.3 is 6.03 Å². The van der Waals surface area contributed by atoms with Crippen LogP contribution in [0.25, 0.3) is 0 Å². The molecule has 0 bridgehead atoms. The van der Waals surface area contributed by atoms with Gasteiger partial charge in [-0.1, -0.05) is 25.7 Å². The van der Waals surface area contributed by atoms with Gasteiger partial charge in [-0.05, 0) is 55.4 Å². The fourth-order valence-corrected chi connectivity index (χ4v) is 4.60. The third kappa shape index (κ3) is 4.27. The van der Waals surface area contributed by atoms with Gasteiger partial charge in [-0.15, -0.1) is 0 Å². The average molecular weight is 351 g/mol. The summed E-state index contributed by atoms with van der Waals surface area (Å²) in [6.45, 7) is 0. The smallest absolute Gasteiger partial charge is 0.319 e. The molecule has 2 amide bonds. The Morgan fingerprint density at radius 2 is 1.67 bits per heavy atom. The minimum absolute atomic E-state index is 0.0316. The highest BCUT2D eigenvalue weighted by Crippen LogP contribution is 2.40. The minimum atomic E-state index is -3.71. The quantitative estimate of drug-likeness (QED) is 0.780. The van der Waals surface area contributed by atoms with Crippen LogP contribution >= 0.6 is 0 Å². The molecule has 0 unspecified atom stereocenters. The van der Waals surface area contributed by atoms with Crippen molar-refractivity contribution in [3.8, 4) is 0 Å². The standard InChI is InChI=1S/C17H25N3O3S/c18-24(22,23)16-9-7-14(8-10-16)19-17(21)20-15-6-5-12-3-1-2-4-13(12)11-15/h7-10,12-13,15H,1-6,11H2,(H2,18,22,23)(H2,19,20,21)/t12-,13-,15-/m1/s1. The molecule has 6 nitrogen and oxygen atoms in total. The number of anilines is 1. The van der Waals surface area contributed by atoms with Gasteiger partial charge in [0, 0.05) is 11.7 Å². The predicted molar refractivity (Wildman–Crippen MR) is 93.1 cm³/mol. The van der Waals surface area contributed by atoms with Gasteiger partial charge in [0.2, 0.25) is 10.0 Å². The largest absolute Gasteiger partial charge is 0.335 e. The summed E-state index contributed by atoms with van der Waals surface area (Å²) in [5, 5.41) is 10.9. The number of amides is 2. The summed E-state index contributed by atoms with van der Waals surface area (Å²) < 4.78 is 22.4. The molecule has 0 heterocycles. The summed E-state index contributed by atoms with van der Waals surface area (Å²) in [6.07, 6.45) is 8.63. The topological polar surface area (TPSA) is 101 Å². The van der Waals surface area contributed by atoms with E-state index < -0.39 is 10.0 Å². The Hall–Kier alpha value is -1.60. The van der Waals surface area contributed by atoms with Crippen molar-refractivity contribution < 1.29 is 13.2 Å². The lowest BCUT2D eigenvalue weighted by molar-refractivity contribution is 0.146. The molecule has 1 aromatic carbocycles. The van der Waals surface area contributed by atoms with Gasteiger partial charge < -0.3 is 10.6 Å². The molecule has 132 valence electrons. The molecule has 2 fully saturated rings. The Balaban J connectivity index is 1.52. The van der Waals surface area contributed by atoms with Gasteiger partial charge in [0.25, 0.3) is 0 Å². The zero-order valence-corrected chi connectivity index (χ0v) is 14.5. The molecule has 2 aliphatic rings. The molecule has 0 saturated heterocycles. The number of urea groups is 1. The number of benzene rings is 1. The van der Waals surface area contributed by atoms with E-state index >= 15 is 0 Å². The molecule has 3 rings (SSSR count). The maximum absolute atomic E-state index is 12.2. The van der Waals surface area contributed by atoms with E-state index in [9.17, 15) is 13.2 Å². The van der Waals surface area contributed by atoms with E-state index in [2.05, 4.69) is 10.6 Å². The van der Waals surface area contributed by atoms with Crippen molar-refractivity contribution in [1.82, 2.24) is 5.32 Å². The van der Waals surface area contributed by atoms with Crippen LogP contribution in [-0.4, -0.2) is 20.5 Å². The number of nitrogens with one attached hydrogen (secondary N) is 2. The van der Waals surface area contributed by atoms with Crippen LogP contribution in [0.5, 0.6) is 0 Å². The van der Waals surface area contributed by atoms with Gasteiger partial charge in [0.15, 0.2) is 0 Å². The second kappa shape index (κ2) is 7.11. The molecule has 2 saturated carbocycles. The fraction of sp³-hybridized carbons (Fsp3) is 0.588. The van der Waals surface area contributed by atoms with Crippen molar-refractivity contribution in [3.05, 3.63) is 24.3 Å². The Morgan fingerprint density at radius 1 is 1.00 bits per heavy atom. The highest BCUT2D eigenvalue weighted by atomic mass is 32.2. The van der Waals surface area contributed by atoms with Crippen LogP contribution in [-0.2, 0) is 10.0 Å². The summed E-state index contributed by atoms with van der Waals surface area (Å²) in [5.74, 6) is 1.61. The van der Waals surface area contributed by atoms with Gasteiger partial charge in [-0.25, -0.2) is 18.4 Å². The van der Waals surface area contributed by atoms with Crippen LogP contribution in [0, 0.1) is 11.8 Å². The molecule has 2 aliphatic carbocycles. The Morgan fingerprint density at radius 3 is 2.33 bits per heavy atom. The summed E-state index contributed by atoms with van der Waals surface area (Å²) in [5.41, 5.74) is 0.547. The number of carbonyl (C=O) groups is 1. The monoisotopic (exact) mass is 351 g/mol. The SMILES string of the molecule is NS(=O)(=O)c1ccc(NC(=O)N[C@@H]2CC[C@H]3CCCC[C@@H]3C2)cc1. The Bertz CT molecular complexity index is 688. The van der Waals surface area contributed by atoms with Crippen LogP contribution in [0.1, 0.15) is 44.9 Å². The molecular weight excluding hydrogens is 326 g/mol. The van der Waals surface area contributed by atoms with Crippen molar-refractivity contribution in [2.24, 2.45) is 17.0 Å². The fourth-order valence-electron chi connectivity index (χ4n) is 4.08. The average Bonchev–Trinajstić information content (AvgIpc) is 2.54. The van der Waals surface area contributed by atoms with Crippen LogP contribution in [0.15, 0.2) is 29.2 Å². The Kier molecular flexibility index (Phi) is 5.10. The minimum Gasteiger partial charge on any atom is -0.335 e. The van der Waals surface area contributed by atoms with Gasteiger partial charge in [-0.3, -0.25) is 0 Å². The number of hydrogen-bond donors (Lipinski definition) is 3. The molecule has 0 aliphatic heterocycles. The summed E-state index contributed by atoms with van der Waals surface area (Å²) >= 11 is 0. The lowest BCUT2D eigenvalue weighted by Crippen LogP contribution is -2.43. The number of carbonyl (C=O) groups excluding carboxylic acids is 1. The van der Waals surface area contributed by atoms with E-state index in [1.165, 1.54) is 56.4 Å². The van der Waals surface area contributed by atoms with Crippen molar-refractivity contribution >= 4 is 21.7 Å². The van der Waals surface area contributed by atoms with Crippen molar-refractivity contribution in [2.75, 3.05) is 5.32 Å². The van der Waals surface area contributed by atoms with Gasteiger partial charge in [0.1, 0.15) is 0 Å². The number of primary sulfonamides is 1. The van der Waals surface area contributed by atoms with E-state index in [1.807, 2.05) is 0 Å². The molecule has 0 aromatic heterocycles.